The molecule has 176 valence electrons. The van der Waals surface area contributed by atoms with Crippen LogP contribution in [0.4, 0.5) is 22.0 Å². The van der Waals surface area contributed by atoms with E-state index >= 15 is 8.78 Å². The predicted molar refractivity (Wildman–Crippen MR) is 109 cm³/mol. The summed E-state index contributed by atoms with van der Waals surface area (Å²) in [6.45, 7) is 1.72. The number of amides is 1. The van der Waals surface area contributed by atoms with Crippen molar-refractivity contribution in [1.29, 1.82) is 5.26 Å². The summed E-state index contributed by atoms with van der Waals surface area (Å²) in [4.78, 5) is 12.8. The largest absolute Gasteiger partial charge is 0.407 e. The normalized spacial score (nSPS) is 20.8. The first-order valence-corrected chi connectivity index (χ1v) is 11.0. The Bertz CT molecular complexity index is 837. The first-order valence-electron chi connectivity index (χ1n) is 11.0. The van der Waals surface area contributed by atoms with Gasteiger partial charge in [0.15, 0.2) is 0 Å². The van der Waals surface area contributed by atoms with Crippen molar-refractivity contribution in [1.82, 2.24) is 10.6 Å². The highest BCUT2D eigenvalue weighted by Gasteiger charge is 2.50. The lowest BCUT2D eigenvalue weighted by Crippen LogP contribution is -2.54. The Morgan fingerprint density at radius 1 is 1.12 bits per heavy atom. The molecule has 2 saturated carbocycles. The van der Waals surface area contributed by atoms with E-state index in [-0.39, 0.29) is 18.4 Å². The van der Waals surface area contributed by atoms with E-state index in [0.717, 1.165) is 12.0 Å². The van der Waals surface area contributed by atoms with E-state index in [2.05, 4.69) is 10.6 Å². The van der Waals surface area contributed by atoms with Crippen LogP contribution < -0.4 is 10.6 Å². The molecule has 4 nitrogen and oxygen atoms in total. The van der Waals surface area contributed by atoms with Crippen LogP contribution in [0.3, 0.4) is 0 Å². The third kappa shape index (κ3) is 5.97. The Hall–Kier alpha value is -2.21. The van der Waals surface area contributed by atoms with Crippen molar-refractivity contribution in [2.75, 3.05) is 0 Å². The number of hydrogen-bond acceptors (Lipinski definition) is 3. The fraction of sp³-hybridized carbons (Fsp3) is 0.652. The van der Waals surface area contributed by atoms with Crippen LogP contribution in [0.15, 0.2) is 24.3 Å². The number of rotatable bonds is 8. The summed E-state index contributed by atoms with van der Waals surface area (Å²) >= 11 is 0. The number of benzene rings is 1. The van der Waals surface area contributed by atoms with Crippen LogP contribution in [0.25, 0.3) is 0 Å². The molecule has 0 bridgehead atoms. The van der Waals surface area contributed by atoms with Gasteiger partial charge in [-0.3, -0.25) is 10.1 Å². The van der Waals surface area contributed by atoms with Gasteiger partial charge in [0.1, 0.15) is 11.6 Å². The van der Waals surface area contributed by atoms with E-state index in [9.17, 15) is 23.2 Å². The maximum atomic E-state index is 15.1. The molecule has 2 N–H and O–H groups in total. The van der Waals surface area contributed by atoms with Crippen LogP contribution in [-0.2, 0) is 4.79 Å². The predicted octanol–water partition coefficient (Wildman–Crippen LogP) is 5.33. The summed E-state index contributed by atoms with van der Waals surface area (Å²) in [5, 5.41) is 13.8. The average molecular weight is 457 g/mol. The molecule has 0 aromatic heterocycles. The molecule has 0 heterocycles. The molecule has 1 aromatic carbocycles. The molecule has 2 aliphatic rings. The van der Waals surface area contributed by atoms with Crippen molar-refractivity contribution in [3.8, 4) is 6.07 Å². The SMILES string of the molecule is Cc1ccc([C@H](NC(CC(F)(F)C2CCCCC2)C(=O)NC2(C#N)CC2)C(F)(F)F)cc1. The first kappa shape index (κ1) is 24.4. The molecule has 1 unspecified atom stereocenters. The summed E-state index contributed by atoms with van der Waals surface area (Å²) in [6.07, 6.45) is -2.47. The summed E-state index contributed by atoms with van der Waals surface area (Å²) in [5.41, 5.74) is -0.588. The number of carbonyl (C=O) groups excluding carboxylic acids is 1. The van der Waals surface area contributed by atoms with Crippen LogP contribution in [0.5, 0.6) is 0 Å². The van der Waals surface area contributed by atoms with E-state index in [1.165, 1.54) is 24.3 Å². The lowest BCUT2D eigenvalue weighted by atomic mass is 9.82. The van der Waals surface area contributed by atoms with Gasteiger partial charge in [-0.05, 0) is 38.2 Å². The molecule has 2 atom stereocenters. The molecule has 1 amide bonds. The molecule has 0 saturated heterocycles. The Labute approximate surface area is 184 Å². The first-order chi connectivity index (χ1) is 15.0. The number of halogens is 5. The molecule has 32 heavy (non-hydrogen) atoms. The number of carbonyl (C=O) groups is 1. The van der Waals surface area contributed by atoms with E-state index < -0.39 is 48.0 Å². The number of nitrogens with zero attached hydrogens (tertiary/aromatic N) is 1. The van der Waals surface area contributed by atoms with Crippen molar-refractivity contribution < 1.29 is 26.7 Å². The lowest BCUT2D eigenvalue weighted by molar-refractivity contribution is -0.164. The molecular formula is C23H28F5N3O. The highest BCUT2D eigenvalue weighted by molar-refractivity contribution is 5.83. The lowest BCUT2D eigenvalue weighted by Gasteiger charge is -2.34. The van der Waals surface area contributed by atoms with E-state index in [1.54, 1.807) is 6.92 Å². The van der Waals surface area contributed by atoms with Crippen molar-refractivity contribution in [3.05, 3.63) is 35.4 Å². The third-order valence-corrected chi connectivity index (χ3v) is 6.43. The standard InChI is InChI=1S/C23H28F5N3O/c1-15-7-9-16(10-8-15)19(23(26,27)28)30-18(20(32)31-21(14-29)11-12-21)13-22(24,25)17-5-3-2-4-6-17/h7-10,17-19,30H,2-6,11-13H2,1H3,(H,31,32)/t18?,19-/m0/s1. The van der Waals surface area contributed by atoms with Crippen molar-refractivity contribution in [3.63, 3.8) is 0 Å². The zero-order valence-corrected chi connectivity index (χ0v) is 17.9. The summed E-state index contributed by atoms with van der Waals surface area (Å²) in [5.74, 6) is -5.27. The molecule has 2 aliphatic carbocycles. The second kappa shape index (κ2) is 9.34. The van der Waals surface area contributed by atoms with Crippen molar-refractivity contribution in [2.24, 2.45) is 5.92 Å². The molecule has 0 spiro atoms. The van der Waals surface area contributed by atoms with Gasteiger partial charge in [-0.25, -0.2) is 8.78 Å². The molecule has 0 radical (unpaired) electrons. The molecule has 0 aliphatic heterocycles. The van der Waals surface area contributed by atoms with Crippen LogP contribution in [-0.4, -0.2) is 29.6 Å². The van der Waals surface area contributed by atoms with Crippen molar-refractivity contribution in [2.45, 2.75) is 88.0 Å². The van der Waals surface area contributed by atoms with Crippen LogP contribution in [0.1, 0.15) is 68.5 Å². The molecular weight excluding hydrogens is 429 g/mol. The van der Waals surface area contributed by atoms with Gasteiger partial charge in [0.25, 0.3) is 5.92 Å². The Morgan fingerprint density at radius 2 is 1.72 bits per heavy atom. The second-order valence-electron chi connectivity index (χ2n) is 9.09. The van der Waals surface area contributed by atoms with Gasteiger partial charge in [-0.1, -0.05) is 49.1 Å². The fourth-order valence-electron chi connectivity index (χ4n) is 4.24. The molecule has 3 rings (SSSR count). The third-order valence-electron chi connectivity index (χ3n) is 6.43. The smallest absolute Gasteiger partial charge is 0.336 e. The van der Waals surface area contributed by atoms with Crippen LogP contribution >= 0.6 is 0 Å². The summed E-state index contributed by atoms with van der Waals surface area (Å²) in [7, 11) is 0. The zero-order chi connectivity index (χ0) is 23.6. The Kier molecular flexibility index (Phi) is 7.13. The van der Waals surface area contributed by atoms with Gasteiger partial charge >= 0.3 is 6.18 Å². The molecule has 2 fully saturated rings. The maximum Gasteiger partial charge on any atom is 0.407 e. The fourth-order valence-corrected chi connectivity index (χ4v) is 4.24. The maximum absolute atomic E-state index is 15.1. The van der Waals surface area contributed by atoms with Crippen molar-refractivity contribution >= 4 is 5.91 Å². The monoisotopic (exact) mass is 457 g/mol. The number of aryl methyl sites for hydroxylation is 1. The molecule has 1 aromatic rings. The Balaban J connectivity index is 1.86. The van der Waals surface area contributed by atoms with Gasteiger partial charge in [0, 0.05) is 12.3 Å². The van der Waals surface area contributed by atoms with Gasteiger partial charge in [-0.15, -0.1) is 0 Å². The highest BCUT2D eigenvalue weighted by Crippen LogP contribution is 2.41. The topological polar surface area (TPSA) is 64.9 Å². The highest BCUT2D eigenvalue weighted by atomic mass is 19.4. The number of alkyl halides is 5. The van der Waals surface area contributed by atoms with E-state index in [4.69, 9.17) is 0 Å². The summed E-state index contributed by atoms with van der Waals surface area (Å²) in [6, 6.07) is 3.36. The number of nitrogens with one attached hydrogen (secondary N) is 2. The van der Waals surface area contributed by atoms with Gasteiger partial charge < -0.3 is 5.32 Å². The minimum Gasteiger partial charge on any atom is -0.336 e. The van der Waals surface area contributed by atoms with Gasteiger partial charge in [0.05, 0.1) is 12.1 Å². The quantitative estimate of drug-likeness (QED) is 0.519. The number of nitriles is 1. The van der Waals surface area contributed by atoms with Gasteiger partial charge in [0.2, 0.25) is 5.91 Å². The van der Waals surface area contributed by atoms with Crippen LogP contribution in [0.2, 0.25) is 0 Å². The second-order valence-corrected chi connectivity index (χ2v) is 9.09. The number of hydrogen-bond donors (Lipinski definition) is 2. The Morgan fingerprint density at radius 3 is 2.22 bits per heavy atom. The minimum atomic E-state index is -4.81. The zero-order valence-electron chi connectivity index (χ0n) is 17.9. The average Bonchev–Trinajstić information content (AvgIpc) is 3.51. The molecule has 9 heteroatoms. The van der Waals surface area contributed by atoms with Crippen LogP contribution in [0, 0.1) is 24.2 Å². The van der Waals surface area contributed by atoms with Gasteiger partial charge in [-0.2, -0.15) is 18.4 Å². The minimum absolute atomic E-state index is 0.164. The summed E-state index contributed by atoms with van der Waals surface area (Å²) < 4.78 is 71.9. The van der Waals surface area contributed by atoms with E-state index in [0.29, 0.717) is 25.7 Å². The van der Waals surface area contributed by atoms with E-state index in [1.807, 2.05) is 6.07 Å².